The zero-order valence-corrected chi connectivity index (χ0v) is 13.2. The number of benzene rings is 3. The molecule has 0 aliphatic heterocycles. The highest BCUT2D eigenvalue weighted by Crippen LogP contribution is 2.36. The van der Waals surface area contributed by atoms with Crippen molar-refractivity contribution < 1.29 is 4.92 Å². The molecule has 0 saturated carbocycles. The highest BCUT2D eigenvalue weighted by atomic mass is 16.6. The summed E-state index contributed by atoms with van der Waals surface area (Å²) in [5.41, 5.74) is 6.08. The average Bonchev–Trinajstić information content (AvgIpc) is 2.97. The minimum atomic E-state index is -0.423. The van der Waals surface area contributed by atoms with Gasteiger partial charge in [0, 0.05) is 23.3 Å². The lowest BCUT2D eigenvalue weighted by molar-refractivity contribution is -0.384. The smallest absolute Gasteiger partial charge is 0.258 e. The Kier molecular flexibility index (Phi) is 3.67. The summed E-state index contributed by atoms with van der Waals surface area (Å²) in [6.45, 7) is 0. The number of nitro groups is 1. The van der Waals surface area contributed by atoms with Gasteiger partial charge < -0.3 is 0 Å². The fraction of sp³-hybridized carbons (Fsp3) is 0. The third-order valence-electron chi connectivity index (χ3n) is 4.12. The Balaban J connectivity index is 1.68. The first kappa shape index (κ1) is 15.0. The normalized spacial score (nSPS) is 12.1. The summed E-state index contributed by atoms with van der Waals surface area (Å²) < 4.78 is 0. The third kappa shape index (κ3) is 2.72. The molecule has 0 bridgehead atoms. The minimum Gasteiger partial charge on any atom is -0.258 e. The van der Waals surface area contributed by atoms with Crippen molar-refractivity contribution >= 4 is 17.6 Å². The first-order valence-electron chi connectivity index (χ1n) is 7.79. The maximum atomic E-state index is 10.7. The lowest BCUT2D eigenvalue weighted by atomic mass is 10.1. The van der Waals surface area contributed by atoms with Gasteiger partial charge in [-0.15, -0.1) is 5.10 Å². The van der Waals surface area contributed by atoms with Gasteiger partial charge in [0.15, 0.2) is 0 Å². The molecule has 0 fully saturated rings. The number of hydrogen-bond donors (Lipinski definition) is 0. The SMILES string of the molecule is O=[N+]([O-])c1ccc(/C=N/N=C2c3ccccc3-c3ccccc32)cc1. The summed E-state index contributed by atoms with van der Waals surface area (Å²) in [7, 11) is 0. The van der Waals surface area contributed by atoms with Crippen molar-refractivity contribution in [3.05, 3.63) is 99.6 Å². The van der Waals surface area contributed by atoms with Crippen molar-refractivity contribution in [3.63, 3.8) is 0 Å². The van der Waals surface area contributed by atoms with Crippen LogP contribution in [0, 0.1) is 10.1 Å². The van der Waals surface area contributed by atoms with Gasteiger partial charge in [0.2, 0.25) is 0 Å². The first-order valence-corrected chi connectivity index (χ1v) is 7.79. The van der Waals surface area contributed by atoms with Gasteiger partial charge in [0.05, 0.1) is 11.1 Å². The topological polar surface area (TPSA) is 67.9 Å². The van der Waals surface area contributed by atoms with Crippen molar-refractivity contribution in [2.24, 2.45) is 10.2 Å². The van der Waals surface area contributed by atoms with E-state index in [1.807, 2.05) is 36.4 Å². The Bertz CT molecular complexity index is 974. The van der Waals surface area contributed by atoms with E-state index < -0.39 is 4.92 Å². The molecule has 0 atom stereocenters. The molecule has 0 aromatic heterocycles. The van der Waals surface area contributed by atoms with E-state index in [0.717, 1.165) is 33.5 Å². The number of hydrogen-bond acceptors (Lipinski definition) is 4. The van der Waals surface area contributed by atoms with Crippen LogP contribution in [-0.4, -0.2) is 16.8 Å². The van der Waals surface area contributed by atoms with Gasteiger partial charge in [0.1, 0.15) is 5.71 Å². The van der Waals surface area contributed by atoms with E-state index in [9.17, 15) is 10.1 Å². The third-order valence-corrected chi connectivity index (χ3v) is 4.12. The Morgan fingerprint density at radius 3 is 1.80 bits per heavy atom. The highest BCUT2D eigenvalue weighted by Gasteiger charge is 2.23. The van der Waals surface area contributed by atoms with Gasteiger partial charge in [-0.25, -0.2) is 0 Å². The standard InChI is InChI=1S/C20H13N3O2/c24-23(25)15-11-9-14(10-12-15)13-21-22-20-18-7-3-1-5-16(18)17-6-2-4-8-19(17)20/h1-13H/b21-13+. The van der Waals surface area contributed by atoms with Gasteiger partial charge in [-0.1, -0.05) is 48.5 Å². The summed E-state index contributed by atoms with van der Waals surface area (Å²) >= 11 is 0. The van der Waals surface area contributed by atoms with Crippen LogP contribution in [0.15, 0.2) is 83.0 Å². The van der Waals surface area contributed by atoms with Gasteiger partial charge in [-0.05, 0) is 28.8 Å². The van der Waals surface area contributed by atoms with E-state index in [2.05, 4.69) is 22.3 Å². The Morgan fingerprint density at radius 1 is 0.760 bits per heavy atom. The molecular formula is C20H13N3O2. The molecular weight excluding hydrogens is 314 g/mol. The van der Waals surface area contributed by atoms with Gasteiger partial charge in [0.25, 0.3) is 5.69 Å². The molecule has 3 aromatic carbocycles. The maximum absolute atomic E-state index is 10.7. The highest BCUT2D eigenvalue weighted by molar-refractivity contribution is 6.24. The van der Waals surface area contributed by atoms with E-state index in [1.54, 1.807) is 18.3 Å². The van der Waals surface area contributed by atoms with Crippen LogP contribution in [0.5, 0.6) is 0 Å². The Morgan fingerprint density at radius 2 is 1.28 bits per heavy atom. The lowest BCUT2D eigenvalue weighted by Crippen LogP contribution is -1.97. The average molecular weight is 327 g/mol. The molecule has 0 unspecified atom stereocenters. The first-order chi connectivity index (χ1) is 12.2. The van der Waals surface area contributed by atoms with Crippen molar-refractivity contribution in [1.82, 2.24) is 0 Å². The molecule has 1 aliphatic carbocycles. The van der Waals surface area contributed by atoms with Crippen LogP contribution in [0.4, 0.5) is 5.69 Å². The minimum absolute atomic E-state index is 0.0575. The molecule has 0 N–H and O–H groups in total. The summed E-state index contributed by atoms with van der Waals surface area (Å²) in [5, 5.41) is 19.3. The second-order valence-corrected chi connectivity index (χ2v) is 5.63. The number of non-ortho nitro benzene ring substituents is 1. The molecule has 120 valence electrons. The van der Waals surface area contributed by atoms with Gasteiger partial charge in [-0.2, -0.15) is 5.10 Å². The van der Waals surface area contributed by atoms with Crippen LogP contribution in [0.25, 0.3) is 11.1 Å². The monoisotopic (exact) mass is 327 g/mol. The molecule has 0 radical (unpaired) electrons. The molecule has 0 amide bonds. The number of nitro benzene ring substituents is 1. The van der Waals surface area contributed by atoms with Crippen LogP contribution in [-0.2, 0) is 0 Å². The van der Waals surface area contributed by atoms with Crippen LogP contribution in [0.1, 0.15) is 16.7 Å². The largest absolute Gasteiger partial charge is 0.269 e. The fourth-order valence-electron chi connectivity index (χ4n) is 2.94. The molecule has 0 spiro atoms. The van der Waals surface area contributed by atoms with Crippen molar-refractivity contribution in [2.45, 2.75) is 0 Å². The number of rotatable bonds is 3. The Labute approximate surface area is 144 Å². The van der Waals surface area contributed by atoms with Crippen LogP contribution < -0.4 is 0 Å². The lowest BCUT2D eigenvalue weighted by Gasteiger charge is -1.98. The predicted molar refractivity (Wildman–Crippen MR) is 98.2 cm³/mol. The predicted octanol–water partition coefficient (Wildman–Crippen LogP) is 4.45. The molecule has 1 aliphatic rings. The second kappa shape index (κ2) is 6.13. The van der Waals surface area contributed by atoms with E-state index in [1.165, 1.54) is 12.1 Å². The number of fused-ring (bicyclic) bond motifs is 3. The van der Waals surface area contributed by atoms with E-state index in [0.29, 0.717) is 0 Å². The summed E-state index contributed by atoms with van der Waals surface area (Å²) in [5.74, 6) is 0. The van der Waals surface area contributed by atoms with Crippen molar-refractivity contribution in [3.8, 4) is 11.1 Å². The quantitative estimate of drug-likeness (QED) is 0.317. The van der Waals surface area contributed by atoms with E-state index in [-0.39, 0.29) is 5.69 Å². The molecule has 0 saturated heterocycles. The summed E-state index contributed by atoms with van der Waals surface area (Å²) in [6.07, 6.45) is 1.60. The van der Waals surface area contributed by atoms with Crippen LogP contribution >= 0.6 is 0 Å². The molecule has 3 aromatic rings. The van der Waals surface area contributed by atoms with Crippen molar-refractivity contribution in [1.29, 1.82) is 0 Å². The van der Waals surface area contributed by atoms with Crippen LogP contribution in [0.2, 0.25) is 0 Å². The van der Waals surface area contributed by atoms with Crippen molar-refractivity contribution in [2.75, 3.05) is 0 Å². The molecule has 5 nitrogen and oxygen atoms in total. The summed E-state index contributed by atoms with van der Waals surface area (Å²) in [4.78, 5) is 10.3. The van der Waals surface area contributed by atoms with Gasteiger partial charge in [-0.3, -0.25) is 10.1 Å². The van der Waals surface area contributed by atoms with E-state index in [4.69, 9.17) is 0 Å². The fourth-order valence-corrected chi connectivity index (χ4v) is 2.94. The zero-order valence-electron chi connectivity index (χ0n) is 13.2. The maximum Gasteiger partial charge on any atom is 0.269 e. The van der Waals surface area contributed by atoms with Crippen LogP contribution in [0.3, 0.4) is 0 Å². The second-order valence-electron chi connectivity index (χ2n) is 5.63. The Hall–Kier alpha value is -3.60. The molecule has 0 heterocycles. The molecule has 4 rings (SSSR count). The molecule has 5 heteroatoms. The number of nitrogens with zero attached hydrogens (tertiary/aromatic N) is 3. The molecule has 25 heavy (non-hydrogen) atoms. The zero-order chi connectivity index (χ0) is 17.2. The summed E-state index contributed by atoms with van der Waals surface area (Å²) in [6, 6.07) is 22.4. The van der Waals surface area contributed by atoms with Gasteiger partial charge >= 0.3 is 0 Å². The van der Waals surface area contributed by atoms with E-state index >= 15 is 0 Å².